The summed E-state index contributed by atoms with van der Waals surface area (Å²) in [4.78, 5) is 0. The molecule has 0 aromatic rings. The van der Waals surface area contributed by atoms with E-state index in [1.165, 1.54) is 12.7 Å². The van der Waals surface area contributed by atoms with Crippen LogP contribution in [0.2, 0.25) is 18.1 Å². The van der Waals surface area contributed by atoms with Crippen molar-refractivity contribution in [2.24, 2.45) is 5.92 Å². The highest BCUT2D eigenvalue weighted by atomic mass is 28.4. The molecule has 0 aliphatic heterocycles. The van der Waals surface area contributed by atoms with E-state index in [1.54, 1.807) is 0 Å². The first-order valence-electron chi connectivity index (χ1n) is 5.75. The molecule has 0 heterocycles. The van der Waals surface area contributed by atoms with Crippen LogP contribution in [0.4, 0.5) is 0 Å². The van der Waals surface area contributed by atoms with Gasteiger partial charge in [0, 0.05) is 12.5 Å². The Morgan fingerprint density at radius 3 is 2.40 bits per heavy atom. The second kappa shape index (κ2) is 4.30. The lowest BCUT2D eigenvalue weighted by Gasteiger charge is -2.39. The molecule has 0 radical (unpaired) electrons. The van der Waals surface area contributed by atoms with Crippen LogP contribution < -0.4 is 0 Å². The maximum absolute atomic E-state index is 8.94. The summed E-state index contributed by atoms with van der Waals surface area (Å²) in [5.41, 5.74) is 1.16. The van der Waals surface area contributed by atoms with E-state index in [2.05, 4.69) is 33.9 Å². The number of rotatable bonds is 3. The Bertz CT molecular complexity index is 251. The van der Waals surface area contributed by atoms with Gasteiger partial charge in [0.25, 0.3) is 0 Å². The Balaban J connectivity index is 2.43. The van der Waals surface area contributed by atoms with E-state index in [0.717, 1.165) is 18.6 Å². The molecule has 0 amide bonds. The van der Waals surface area contributed by atoms with Crippen LogP contribution in [0.3, 0.4) is 0 Å². The fourth-order valence-corrected chi connectivity index (χ4v) is 2.45. The van der Waals surface area contributed by atoms with Crippen molar-refractivity contribution in [2.45, 2.75) is 51.7 Å². The second-order valence-electron chi connectivity index (χ2n) is 6.01. The van der Waals surface area contributed by atoms with Gasteiger partial charge in [0.15, 0.2) is 8.32 Å². The van der Waals surface area contributed by atoms with E-state index in [4.69, 9.17) is 9.53 Å². The van der Waals surface area contributed by atoms with Gasteiger partial charge >= 0.3 is 0 Å². The first-order valence-corrected chi connectivity index (χ1v) is 8.66. The third-order valence-corrected chi connectivity index (χ3v) is 8.42. The van der Waals surface area contributed by atoms with Gasteiger partial charge in [0.2, 0.25) is 0 Å². The van der Waals surface area contributed by atoms with Crippen molar-refractivity contribution >= 4 is 8.32 Å². The van der Waals surface area contributed by atoms with E-state index < -0.39 is 8.32 Å². The standard InChI is InChI=1S/C12H24O2Si/c1-12(2,3)15(4,5)14-9-11-7-6-10(11)8-13/h8,11,13H,6-7,9H2,1-5H3/b10-8-. The average molecular weight is 228 g/mol. The fourth-order valence-electron chi connectivity index (χ4n) is 1.40. The Morgan fingerprint density at radius 2 is 2.07 bits per heavy atom. The van der Waals surface area contributed by atoms with Crippen LogP contribution in [0.25, 0.3) is 0 Å². The van der Waals surface area contributed by atoms with Gasteiger partial charge in [-0.15, -0.1) is 0 Å². The van der Waals surface area contributed by atoms with E-state index >= 15 is 0 Å². The lowest BCUT2D eigenvalue weighted by Crippen LogP contribution is -2.42. The summed E-state index contributed by atoms with van der Waals surface area (Å²) >= 11 is 0. The van der Waals surface area contributed by atoms with Crippen LogP contribution in [0.1, 0.15) is 33.6 Å². The molecule has 2 nitrogen and oxygen atoms in total. The largest absolute Gasteiger partial charge is 0.516 e. The molecule has 1 aliphatic carbocycles. The normalized spacial score (nSPS) is 25.4. The highest BCUT2D eigenvalue weighted by molar-refractivity contribution is 6.74. The first kappa shape index (κ1) is 12.8. The zero-order valence-corrected chi connectivity index (χ0v) is 11.6. The van der Waals surface area contributed by atoms with Crippen molar-refractivity contribution in [3.05, 3.63) is 11.8 Å². The third-order valence-electron chi connectivity index (χ3n) is 3.92. The summed E-state index contributed by atoms with van der Waals surface area (Å²) in [5, 5.41) is 9.22. The van der Waals surface area contributed by atoms with Crippen molar-refractivity contribution in [1.29, 1.82) is 0 Å². The minimum absolute atomic E-state index is 0.278. The fraction of sp³-hybridized carbons (Fsp3) is 0.833. The van der Waals surface area contributed by atoms with Gasteiger partial charge in [0.05, 0.1) is 6.26 Å². The van der Waals surface area contributed by atoms with Crippen LogP contribution >= 0.6 is 0 Å². The molecular formula is C12H24O2Si. The molecule has 15 heavy (non-hydrogen) atoms. The Kier molecular flexibility index (Phi) is 3.66. The Hall–Kier alpha value is -0.283. The maximum atomic E-state index is 8.94. The molecule has 1 fully saturated rings. The monoisotopic (exact) mass is 228 g/mol. The quantitative estimate of drug-likeness (QED) is 0.587. The molecule has 3 heteroatoms. The van der Waals surface area contributed by atoms with E-state index in [1.807, 2.05) is 0 Å². The van der Waals surface area contributed by atoms with Gasteiger partial charge < -0.3 is 9.53 Å². The molecular weight excluding hydrogens is 204 g/mol. The molecule has 1 N–H and O–H groups in total. The van der Waals surface area contributed by atoms with Crippen molar-refractivity contribution in [3.63, 3.8) is 0 Å². The van der Waals surface area contributed by atoms with E-state index in [0.29, 0.717) is 5.92 Å². The van der Waals surface area contributed by atoms with Crippen molar-refractivity contribution < 1.29 is 9.53 Å². The summed E-state index contributed by atoms with van der Waals surface area (Å²) in [6, 6.07) is 0. The van der Waals surface area contributed by atoms with Gasteiger partial charge in [-0.25, -0.2) is 0 Å². The van der Waals surface area contributed by atoms with E-state index in [9.17, 15) is 0 Å². The molecule has 1 aliphatic rings. The first-order chi connectivity index (χ1) is 6.78. The molecule has 0 bridgehead atoms. The van der Waals surface area contributed by atoms with Crippen LogP contribution in [-0.4, -0.2) is 20.0 Å². The summed E-state index contributed by atoms with van der Waals surface area (Å²) in [6.45, 7) is 12.1. The SMILES string of the molecule is CC(C)(C)[Si](C)(C)OCC1CC/C1=C/O. The summed E-state index contributed by atoms with van der Waals surface area (Å²) in [5.74, 6) is 0.476. The number of aliphatic hydroxyl groups excluding tert-OH is 1. The third kappa shape index (κ3) is 2.85. The summed E-state index contributed by atoms with van der Waals surface area (Å²) in [6.07, 6.45) is 3.48. The van der Waals surface area contributed by atoms with Gasteiger partial charge in [-0.3, -0.25) is 0 Å². The van der Waals surface area contributed by atoms with Crippen molar-refractivity contribution in [1.82, 2.24) is 0 Å². The molecule has 0 saturated heterocycles. The molecule has 0 aromatic carbocycles. The average Bonchev–Trinajstić information content (AvgIpc) is 2.00. The summed E-state index contributed by atoms with van der Waals surface area (Å²) < 4.78 is 6.12. The minimum atomic E-state index is -1.60. The number of hydrogen-bond donors (Lipinski definition) is 1. The predicted molar refractivity (Wildman–Crippen MR) is 66.6 cm³/mol. The van der Waals surface area contributed by atoms with Gasteiger partial charge in [-0.05, 0) is 36.5 Å². The number of aliphatic hydroxyl groups is 1. The van der Waals surface area contributed by atoms with Crippen LogP contribution in [0.15, 0.2) is 11.8 Å². The minimum Gasteiger partial charge on any atom is -0.516 e. The smallest absolute Gasteiger partial charge is 0.192 e. The zero-order chi connectivity index (χ0) is 11.7. The second-order valence-corrected chi connectivity index (χ2v) is 10.8. The lowest BCUT2D eigenvalue weighted by molar-refractivity contribution is 0.209. The van der Waals surface area contributed by atoms with Gasteiger partial charge in [-0.1, -0.05) is 20.8 Å². The highest BCUT2D eigenvalue weighted by Crippen LogP contribution is 2.39. The molecule has 1 saturated carbocycles. The van der Waals surface area contributed by atoms with E-state index in [-0.39, 0.29) is 5.04 Å². The van der Waals surface area contributed by atoms with Crippen molar-refractivity contribution in [3.8, 4) is 0 Å². The maximum Gasteiger partial charge on any atom is 0.192 e. The molecule has 1 rings (SSSR count). The molecule has 0 spiro atoms. The molecule has 1 unspecified atom stereocenters. The highest BCUT2D eigenvalue weighted by Gasteiger charge is 2.38. The van der Waals surface area contributed by atoms with Crippen LogP contribution in [0, 0.1) is 5.92 Å². The lowest BCUT2D eigenvalue weighted by atomic mass is 9.81. The Labute approximate surface area is 94.5 Å². The van der Waals surface area contributed by atoms with Gasteiger partial charge in [0.1, 0.15) is 0 Å². The van der Waals surface area contributed by atoms with Gasteiger partial charge in [-0.2, -0.15) is 0 Å². The molecule has 0 aromatic heterocycles. The predicted octanol–water partition coefficient (Wildman–Crippen LogP) is 3.86. The summed E-state index contributed by atoms with van der Waals surface area (Å²) in [7, 11) is -1.60. The molecule has 1 atom stereocenters. The van der Waals surface area contributed by atoms with Crippen molar-refractivity contribution in [2.75, 3.05) is 6.61 Å². The van der Waals surface area contributed by atoms with Crippen LogP contribution in [-0.2, 0) is 4.43 Å². The molecule has 88 valence electrons. The zero-order valence-electron chi connectivity index (χ0n) is 10.6. The van der Waals surface area contributed by atoms with Crippen LogP contribution in [0.5, 0.6) is 0 Å². The topological polar surface area (TPSA) is 29.5 Å². The number of hydrogen-bond acceptors (Lipinski definition) is 2. The Morgan fingerprint density at radius 1 is 1.47 bits per heavy atom.